The second-order valence-corrected chi connectivity index (χ2v) is 9.03. The van der Waals surface area contributed by atoms with Crippen LogP contribution in [0.4, 0.5) is 0 Å². The minimum absolute atomic E-state index is 0.121. The maximum atomic E-state index is 10.6. The Morgan fingerprint density at radius 1 is 1.21 bits per heavy atom. The molecule has 0 aromatic heterocycles. The highest BCUT2D eigenvalue weighted by atomic mass is 16.5. The fourth-order valence-corrected chi connectivity index (χ4v) is 4.04. The van der Waals surface area contributed by atoms with Gasteiger partial charge in [-0.3, -0.25) is 0 Å². The summed E-state index contributed by atoms with van der Waals surface area (Å²) in [5, 5.41) is 10.6. The van der Waals surface area contributed by atoms with Crippen molar-refractivity contribution in [2.24, 2.45) is 5.92 Å². The van der Waals surface area contributed by atoms with Crippen molar-refractivity contribution in [3.05, 3.63) is 47.0 Å². The predicted octanol–water partition coefficient (Wildman–Crippen LogP) is 5.25. The van der Waals surface area contributed by atoms with E-state index >= 15 is 0 Å². The Bertz CT molecular complexity index is 869. The zero-order valence-corrected chi connectivity index (χ0v) is 17.2. The van der Waals surface area contributed by atoms with Gasteiger partial charge in [0.25, 0.3) is 0 Å². The SMILES string of the molecule is CC(C)COc1ccc([C@@H]2COc3c(ccc4c3CCC(C)(C)O4)C2)c(O)c1. The van der Waals surface area contributed by atoms with Crippen molar-refractivity contribution < 1.29 is 19.3 Å². The van der Waals surface area contributed by atoms with E-state index in [0.29, 0.717) is 24.9 Å². The summed E-state index contributed by atoms with van der Waals surface area (Å²) in [5.41, 5.74) is 3.18. The third kappa shape index (κ3) is 3.78. The molecule has 28 heavy (non-hydrogen) atoms. The molecular formula is C24H30O4. The summed E-state index contributed by atoms with van der Waals surface area (Å²) in [6, 6.07) is 9.81. The zero-order valence-electron chi connectivity index (χ0n) is 17.2. The van der Waals surface area contributed by atoms with Gasteiger partial charge >= 0.3 is 0 Å². The third-order valence-corrected chi connectivity index (χ3v) is 5.58. The van der Waals surface area contributed by atoms with E-state index in [0.717, 1.165) is 36.3 Å². The van der Waals surface area contributed by atoms with E-state index in [2.05, 4.69) is 39.8 Å². The summed E-state index contributed by atoms with van der Waals surface area (Å²) in [6.07, 6.45) is 2.82. The van der Waals surface area contributed by atoms with Crippen molar-refractivity contribution in [3.8, 4) is 23.0 Å². The van der Waals surface area contributed by atoms with Crippen LogP contribution in [0, 0.1) is 5.92 Å². The lowest BCUT2D eigenvalue weighted by Gasteiger charge is -2.35. The van der Waals surface area contributed by atoms with Gasteiger partial charge in [-0.1, -0.05) is 26.0 Å². The molecule has 1 N–H and O–H groups in total. The molecule has 4 heteroatoms. The summed E-state index contributed by atoms with van der Waals surface area (Å²) in [7, 11) is 0. The number of fused-ring (bicyclic) bond motifs is 3. The van der Waals surface area contributed by atoms with Crippen LogP contribution in [0.2, 0.25) is 0 Å². The molecule has 4 nitrogen and oxygen atoms in total. The van der Waals surface area contributed by atoms with Gasteiger partial charge in [0, 0.05) is 23.1 Å². The first-order valence-electron chi connectivity index (χ1n) is 10.2. The monoisotopic (exact) mass is 382 g/mol. The van der Waals surface area contributed by atoms with Gasteiger partial charge in [-0.2, -0.15) is 0 Å². The van der Waals surface area contributed by atoms with E-state index < -0.39 is 0 Å². The number of ether oxygens (including phenoxy) is 3. The Balaban J connectivity index is 1.53. The van der Waals surface area contributed by atoms with Crippen molar-refractivity contribution in [2.45, 2.75) is 58.5 Å². The van der Waals surface area contributed by atoms with Crippen LogP contribution in [0.25, 0.3) is 0 Å². The quantitative estimate of drug-likeness (QED) is 0.785. The second kappa shape index (κ2) is 7.23. The number of phenolic OH excluding ortho intramolecular Hbond substituents is 1. The van der Waals surface area contributed by atoms with Crippen LogP contribution in [-0.2, 0) is 12.8 Å². The summed E-state index contributed by atoms with van der Waals surface area (Å²) >= 11 is 0. The normalized spacial score (nSPS) is 20.0. The van der Waals surface area contributed by atoms with Crippen molar-refractivity contribution in [1.82, 2.24) is 0 Å². The maximum absolute atomic E-state index is 10.6. The molecule has 0 radical (unpaired) electrons. The van der Waals surface area contributed by atoms with Crippen LogP contribution in [-0.4, -0.2) is 23.9 Å². The molecular weight excluding hydrogens is 352 g/mol. The van der Waals surface area contributed by atoms with Gasteiger partial charge in [-0.05, 0) is 56.7 Å². The highest BCUT2D eigenvalue weighted by Gasteiger charge is 2.32. The molecule has 4 rings (SSSR count). The van der Waals surface area contributed by atoms with E-state index in [-0.39, 0.29) is 17.3 Å². The largest absolute Gasteiger partial charge is 0.508 e. The van der Waals surface area contributed by atoms with Gasteiger partial charge < -0.3 is 19.3 Å². The first-order valence-corrected chi connectivity index (χ1v) is 10.2. The van der Waals surface area contributed by atoms with Gasteiger partial charge in [0.1, 0.15) is 28.6 Å². The predicted molar refractivity (Wildman–Crippen MR) is 110 cm³/mol. The van der Waals surface area contributed by atoms with Crippen LogP contribution in [0.15, 0.2) is 30.3 Å². The zero-order chi connectivity index (χ0) is 19.9. The molecule has 2 aliphatic heterocycles. The molecule has 2 aromatic carbocycles. The van der Waals surface area contributed by atoms with E-state index in [1.54, 1.807) is 6.07 Å². The second-order valence-electron chi connectivity index (χ2n) is 9.03. The molecule has 150 valence electrons. The number of rotatable bonds is 4. The number of hydrogen-bond donors (Lipinski definition) is 1. The summed E-state index contributed by atoms with van der Waals surface area (Å²) in [6.45, 7) is 9.67. The Morgan fingerprint density at radius 2 is 2.04 bits per heavy atom. The molecule has 0 aliphatic carbocycles. The maximum Gasteiger partial charge on any atom is 0.129 e. The topological polar surface area (TPSA) is 47.9 Å². The molecule has 2 heterocycles. The fourth-order valence-electron chi connectivity index (χ4n) is 4.04. The molecule has 0 bridgehead atoms. The molecule has 0 unspecified atom stereocenters. The van der Waals surface area contributed by atoms with Gasteiger partial charge in [0.15, 0.2) is 0 Å². The molecule has 2 aromatic rings. The van der Waals surface area contributed by atoms with Crippen LogP contribution in [0.5, 0.6) is 23.0 Å². The average Bonchev–Trinajstić information content (AvgIpc) is 2.65. The van der Waals surface area contributed by atoms with Crippen molar-refractivity contribution in [2.75, 3.05) is 13.2 Å². The number of phenols is 1. The fraction of sp³-hybridized carbons (Fsp3) is 0.500. The molecule has 0 fully saturated rings. The van der Waals surface area contributed by atoms with Crippen LogP contribution >= 0.6 is 0 Å². The number of benzene rings is 2. The molecule has 1 atom stereocenters. The lowest BCUT2D eigenvalue weighted by molar-refractivity contribution is 0.0826. The average molecular weight is 383 g/mol. The van der Waals surface area contributed by atoms with Gasteiger partial charge in [0.05, 0.1) is 13.2 Å². The third-order valence-electron chi connectivity index (χ3n) is 5.58. The Hall–Kier alpha value is -2.36. The minimum atomic E-state index is -0.121. The lowest BCUT2D eigenvalue weighted by atomic mass is 9.86. The lowest BCUT2D eigenvalue weighted by Crippen LogP contribution is -2.33. The first-order chi connectivity index (χ1) is 13.3. The van der Waals surface area contributed by atoms with Crippen molar-refractivity contribution >= 4 is 0 Å². The number of aromatic hydroxyl groups is 1. The standard InChI is InChI=1S/C24H30O4/c1-15(2)13-26-18-6-7-19(21(25)12-18)17-11-16-5-8-22-20(23(16)27-14-17)9-10-24(3,4)28-22/h5-8,12,15,17,25H,9-11,13-14H2,1-4H3/t17-/m0/s1. The van der Waals surface area contributed by atoms with Crippen LogP contribution in [0.3, 0.4) is 0 Å². The Morgan fingerprint density at radius 3 is 2.79 bits per heavy atom. The number of hydrogen-bond acceptors (Lipinski definition) is 4. The van der Waals surface area contributed by atoms with Crippen molar-refractivity contribution in [1.29, 1.82) is 0 Å². The molecule has 0 amide bonds. The Kier molecular flexibility index (Phi) is 4.90. The first kappa shape index (κ1) is 19.0. The highest BCUT2D eigenvalue weighted by Crippen LogP contribution is 2.45. The summed E-state index contributed by atoms with van der Waals surface area (Å²) < 4.78 is 18.1. The Labute approximate surface area is 167 Å². The molecule has 0 spiro atoms. The molecule has 0 saturated carbocycles. The van der Waals surface area contributed by atoms with Gasteiger partial charge in [0.2, 0.25) is 0 Å². The minimum Gasteiger partial charge on any atom is -0.508 e. The smallest absolute Gasteiger partial charge is 0.129 e. The van der Waals surface area contributed by atoms with E-state index in [1.807, 2.05) is 12.1 Å². The van der Waals surface area contributed by atoms with Gasteiger partial charge in [-0.25, -0.2) is 0 Å². The van der Waals surface area contributed by atoms with Crippen LogP contribution in [0.1, 0.15) is 56.7 Å². The van der Waals surface area contributed by atoms with E-state index in [4.69, 9.17) is 14.2 Å². The highest BCUT2D eigenvalue weighted by molar-refractivity contribution is 5.54. The van der Waals surface area contributed by atoms with Crippen LogP contribution < -0.4 is 14.2 Å². The van der Waals surface area contributed by atoms with Gasteiger partial charge in [-0.15, -0.1) is 0 Å². The molecule has 0 saturated heterocycles. The summed E-state index contributed by atoms with van der Waals surface area (Å²) in [4.78, 5) is 0. The van der Waals surface area contributed by atoms with E-state index in [9.17, 15) is 5.11 Å². The van der Waals surface area contributed by atoms with Crippen molar-refractivity contribution in [3.63, 3.8) is 0 Å². The summed E-state index contributed by atoms with van der Waals surface area (Å²) in [5.74, 6) is 3.50. The van der Waals surface area contributed by atoms with E-state index in [1.165, 1.54) is 11.1 Å². The molecule has 2 aliphatic rings.